The van der Waals surface area contributed by atoms with Crippen molar-refractivity contribution in [2.45, 2.75) is 0 Å². The largest absolute Gasteiger partial charge is 0.140 e. The molecule has 2 heteroatoms. The van der Waals surface area contributed by atoms with Crippen LogP contribution in [0.2, 0.25) is 0 Å². The Kier molecular flexibility index (Phi) is 3.83. The monoisotopic (exact) mass is 148 g/mol. The van der Waals surface area contributed by atoms with Gasteiger partial charge < -0.3 is 0 Å². The summed E-state index contributed by atoms with van der Waals surface area (Å²) in [6, 6.07) is 4.14. The van der Waals surface area contributed by atoms with Crippen LogP contribution in [0.1, 0.15) is 0 Å². The van der Waals surface area contributed by atoms with Gasteiger partial charge in [-0.2, -0.15) is 0 Å². The van der Waals surface area contributed by atoms with Gasteiger partial charge in [-0.15, -0.1) is 8.19 Å². The van der Waals surface area contributed by atoms with E-state index in [1.54, 1.807) is 0 Å². The van der Waals surface area contributed by atoms with E-state index in [1.807, 2.05) is 0 Å². The number of hydrogen-bond donors (Lipinski definition) is 0. The Morgan fingerprint density at radius 3 is 1.67 bits per heavy atom. The van der Waals surface area contributed by atoms with Gasteiger partial charge in [0, 0.05) is 19.5 Å². The Labute approximate surface area is 51.8 Å². The maximum absolute atomic E-state index is 2.15. The van der Waals surface area contributed by atoms with E-state index in [1.165, 1.54) is 0 Å². The molecule has 0 N–H and O–H groups in total. The first-order valence-electron chi connectivity index (χ1n) is 1.58. The van der Waals surface area contributed by atoms with Crippen molar-refractivity contribution in [3.63, 3.8) is 0 Å². The average Bonchev–Trinajstić information content (AvgIpc) is 1.76. The summed E-state index contributed by atoms with van der Waals surface area (Å²) in [5.74, 6) is 4.31. The first-order valence-corrected chi connectivity index (χ1v) is 2.73. The number of hydrogen-bond acceptors (Lipinski definition) is 0. The molecule has 0 saturated heterocycles. The molecule has 0 spiro atoms. The van der Waals surface area contributed by atoms with Crippen LogP contribution in [0.25, 0.3) is 0 Å². The molecule has 0 fully saturated rings. The molecule has 0 aliphatic heterocycles. The van der Waals surface area contributed by atoms with E-state index in [0.29, 0.717) is 0 Å². The molecular weight excluding hydrogens is 144 g/mol. The molecule has 28 valence electrons. The van der Waals surface area contributed by atoms with E-state index in [-0.39, 0.29) is 19.5 Å². The molecule has 0 saturated carbocycles. The smallest absolute Gasteiger partial charge is 0 e. The SMILES string of the molecule is [Zn].c1cc[pH]c1. The Balaban J connectivity index is 0.000000250. The summed E-state index contributed by atoms with van der Waals surface area (Å²) in [5, 5.41) is 0. The van der Waals surface area contributed by atoms with Crippen LogP contribution in [0.3, 0.4) is 0 Å². The Morgan fingerprint density at radius 2 is 1.50 bits per heavy atom. The van der Waals surface area contributed by atoms with Crippen molar-refractivity contribution in [3.8, 4) is 0 Å². The fraction of sp³-hybridized carbons (Fsp3) is 0. The van der Waals surface area contributed by atoms with Gasteiger partial charge in [0.2, 0.25) is 0 Å². The summed E-state index contributed by atoms with van der Waals surface area (Å²) in [5.41, 5.74) is 0. The zero-order valence-corrected chi connectivity index (χ0v) is 7.48. The average molecular weight is 149 g/mol. The standard InChI is InChI=1S/C4H5P.Zn/c1-2-4-5-3-1;/h1-5H;. The normalized spacial score (nSPS) is 6.67. The Hall–Kier alpha value is 0.403. The summed E-state index contributed by atoms with van der Waals surface area (Å²) < 4.78 is 0. The summed E-state index contributed by atoms with van der Waals surface area (Å²) in [4.78, 5) is 0. The van der Waals surface area contributed by atoms with E-state index in [4.69, 9.17) is 0 Å². The maximum Gasteiger partial charge on any atom is 0 e. The minimum absolute atomic E-state index is 0. The van der Waals surface area contributed by atoms with Crippen LogP contribution >= 0.6 is 8.19 Å². The second-order valence-electron chi connectivity index (χ2n) is 0.885. The van der Waals surface area contributed by atoms with E-state index in [9.17, 15) is 0 Å². The van der Waals surface area contributed by atoms with Crippen molar-refractivity contribution in [3.05, 3.63) is 23.7 Å². The van der Waals surface area contributed by atoms with Gasteiger partial charge in [-0.1, -0.05) is 12.1 Å². The molecule has 0 unspecified atom stereocenters. The molecule has 0 atom stereocenters. The summed E-state index contributed by atoms with van der Waals surface area (Å²) in [6.07, 6.45) is 0. The molecule has 0 aliphatic carbocycles. The number of rotatable bonds is 0. The van der Waals surface area contributed by atoms with Gasteiger partial charge in [-0.3, -0.25) is 0 Å². The third kappa shape index (κ3) is 1.75. The zero-order chi connectivity index (χ0) is 3.54. The van der Waals surface area contributed by atoms with Crippen LogP contribution in [0.5, 0.6) is 0 Å². The van der Waals surface area contributed by atoms with Gasteiger partial charge in [0.25, 0.3) is 0 Å². The fourth-order valence-corrected chi connectivity index (χ4v) is 0.833. The molecule has 1 aromatic heterocycles. The van der Waals surface area contributed by atoms with Gasteiger partial charge >= 0.3 is 0 Å². The molecule has 0 amide bonds. The molecule has 1 rings (SSSR count). The van der Waals surface area contributed by atoms with Crippen LogP contribution < -0.4 is 0 Å². The molecular formula is C4H5PZn. The summed E-state index contributed by atoms with van der Waals surface area (Å²) in [7, 11) is 0.948. The third-order valence-corrected chi connectivity index (χ3v) is 1.27. The van der Waals surface area contributed by atoms with Crippen LogP contribution in [0.4, 0.5) is 0 Å². The summed E-state index contributed by atoms with van der Waals surface area (Å²) >= 11 is 0. The Morgan fingerprint density at radius 1 is 1.00 bits per heavy atom. The molecule has 1 aromatic rings. The van der Waals surface area contributed by atoms with Crippen LogP contribution in [-0.2, 0) is 19.5 Å². The maximum atomic E-state index is 2.15. The molecule has 0 radical (unpaired) electrons. The van der Waals surface area contributed by atoms with Gasteiger partial charge in [0.15, 0.2) is 0 Å². The van der Waals surface area contributed by atoms with Gasteiger partial charge in [0.05, 0.1) is 0 Å². The van der Waals surface area contributed by atoms with Gasteiger partial charge in [-0.25, -0.2) is 0 Å². The predicted octanol–water partition coefficient (Wildman–Crippen LogP) is 1.72. The van der Waals surface area contributed by atoms with E-state index >= 15 is 0 Å². The first-order chi connectivity index (χ1) is 2.50. The predicted molar refractivity (Wildman–Crippen MR) is 25.9 cm³/mol. The fourth-order valence-electron chi connectivity index (χ4n) is 0.278. The van der Waals surface area contributed by atoms with Gasteiger partial charge in [0.1, 0.15) is 0 Å². The minimum Gasteiger partial charge on any atom is -0.140 e. The van der Waals surface area contributed by atoms with Crippen LogP contribution in [0.15, 0.2) is 23.7 Å². The van der Waals surface area contributed by atoms with Crippen molar-refractivity contribution < 1.29 is 19.5 Å². The first kappa shape index (κ1) is 6.40. The van der Waals surface area contributed by atoms with Crippen LogP contribution in [0, 0.1) is 0 Å². The molecule has 0 aromatic carbocycles. The van der Waals surface area contributed by atoms with Crippen molar-refractivity contribution >= 4 is 8.19 Å². The topological polar surface area (TPSA) is 0 Å². The van der Waals surface area contributed by atoms with E-state index in [0.717, 1.165) is 8.19 Å². The molecule has 0 bridgehead atoms. The van der Waals surface area contributed by atoms with Crippen molar-refractivity contribution in [1.82, 2.24) is 0 Å². The second kappa shape index (κ2) is 3.59. The molecule has 6 heavy (non-hydrogen) atoms. The Bertz CT molecular complexity index is 64.0. The van der Waals surface area contributed by atoms with Crippen molar-refractivity contribution in [2.75, 3.05) is 0 Å². The third-order valence-electron chi connectivity index (χ3n) is 0.496. The summed E-state index contributed by atoms with van der Waals surface area (Å²) in [6.45, 7) is 0. The molecule has 0 nitrogen and oxygen atoms in total. The zero-order valence-electron chi connectivity index (χ0n) is 3.52. The van der Waals surface area contributed by atoms with Gasteiger partial charge in [-0.05, 0) is 11.6 Å². The van der Waals surface area contributed by atoms with Crippen LogP contribution in [-0.4, -0.2) is 0 Å². The van der Waals surface area contributed by atoms with E-state index in [2.05, 4.69) is 23.7 Å². The minimum atomic E-state index is 0. The molecule has 1 heterocycles. The second-order valence-corrected chi connectivity index (χ2v) is 1.88. The molecule has 0 aliphatic rings. The van der Waals surface area contributed by atoms with Crippen molar-refractivity contribution in [2.24, 2.45) is 0 Å². The quantitative estimate of drug-likeness (QED) is 0.493. The van der Waals surface area contributed by atoms with Crippen molar-refractivity contribution in [1.29, 1.82) is 0 Å². The van der Waals surface area contributed by atoms with E-state index < -0.39 is 0 Å².